The number of hydrogen-bond acceptors (Lipinski definition) is 3. The highest BCUT2D eigenvalue weighted by Crippen LogP contribution is 2.08. The molecule has 3 nitrogen and oxygen atoms in total. The Balaban J connectivity index is 4.10. The van der Waals surface area contributed by atoms with Gasteiger partial charge in [-0.3, -0.25) is 5.32 Å². The van der Waals surface area contributed by atoms with Gasteiger partial charge < -0.3 is 11.5 Å². The standard InChI is InChI=1S/C6H19N3Si/c1-5-9-6(7,8)10(2,3)4/h9H,5,7-8H2,1-4H3. The highest BCUT2D eigenvalue weighted by Gasteiger charge is 2.35. The Labute approximate surface area is 64.2 Å². The normalized spacial score (nSPS) is 13.8. The van der Waals surface area contributed by atoms with Crippen LogP contribution in [0.2, 0.25) is 19.6 Å². The van der Waals surface area contributed by atoms with E-state index in [-0.39, 0.29) is 0 Å². The van der Waals surface area contributed by atoms with Gasteiger partial charge in [0.15, 0.2) is 0 Å². The minimum Gasteiger partial charge on any atom is -0.304 e. The zero-order chi connectivity index (χ0) is 8.41. The fourth-order valence-electron chi connectivity index (χ4n) is 0.558. The van der Waals surface area contributed by atoms with E-state index in [1.807, 2.05) is 6.92 Å². The van der Waals surface area contributed by atoms with Crippen molar-refractivity contribution in [3.8, 4) is 0 Å². The Morgan fingerprint density at radius 1 is 1.30 bits per heavy atom. The van der Waals surface area contributed by atoms with Gasteiger partial charge in [0.1, 0.15) is 13.5 Å². The Bertz CT molecular complexity index is 106. The van der Waals surface area contributed by atoms with E-state index in [2.05, 4.69) is 25.0 Å². The zero-order valence-electron chi connectivity index (χ0n) is 7.36. The van der Waals surface area contributed by atoms with Crippen molar-refractivity contribution in [1.29, 1.82) is 0 Å². The highest BCUT2D eigenvalue weighted by molar-refractivity contribution is 6.78. The summed E-state index contributed by atoms with van der Waals surface area (Å²) in [7, 11) is -1.46. The van der Waals surface area contributed by atoms with Crippen molar-refractivity contribution in [2.45, 2.75) is 32.0 Å². The van der Waals surface area contributed by atoms with Crippen LogP contribution >= 0.6 is 0 Å². The van der Waals surface area contributed by atoms with Gasteiger partial charge >= 0.3 is 0 Å². The average Bonchev–Trinajstić information content (AvgIpc) is 1.61. The molecule has 0 aromatic heterocycles. The topological polar surface area (TPSA) is 64.1 Å². The predicted molar refractivity (Wildman–Crippen MR) is 48.1 cm³/mol. The second-order valence-corrected chi connectivity index (χ2v) is 8.98. The summed E-state index contributed by atoms with van der Waals surface area (Å²) < 4.78 is 0. The maximum absolute atomic E-state index is 5.83. The van der Waals surface area contributed by atoms with Crippen LogP contribution in [0.25, 0.3) is 0 Å². The summed E-state index contributed by atoms with van der Waals surface area (Å²) in [6.45, 7) is 9.28. The molecule has 0 fully saturated rings. The molecule has 0 heterocycles. The molecule has 0 aliphatic heterocycles. The summed E-state index contributed by atoms with van der Waals surface area (Å²) in [6.07, 6.45) is 0. The van der Waals surface area contributed by atoms with Crippen LogP contribution in [-0.2, 0) is 0 Å². The van der Waals surface area contributed by atoms with E-state index in [9.17, 15) is 0 Å². The van der Waals surface area contributed by atoms with Crippen molar-refractivity contribution >= 4 is 8.07 Å². The fourth-order valence-corrected chi connectivity index (χ4v) is 1.26. The van der Waals surface area contributed by atoms with Gasteiger partial charge in [-0.1, -0.05) is 26.6 Å². The molecule has 0 saturated heterocycles. The molecule has 0 atom stereocenters. The van der Waals surface area contributed by atoms with Crippen LogP contribution in [0.5, 0.6) is 0 Å². The molecule has 10 heavy (non-hydrogen) atoms. The summed E-state index contributed by atoms with van der Waals surface area (Å²) in [6, 6.07) is 0. The summed E-state index contributed by atoms with van der Waals surface area (Å²) >= 11 is 0. The monoisotopic (exact) mass is 161 g/mol. The van der Waals surface area contributed by atoms with Crippen LogP contribution in [0.3, 0.4) is 0 Å². The quantitative estimate of drug-likeness (QED) is 0.405. The lowest BCUT2D eigenvalue weighted by molar-refractivity contribution is 0.477. The van der Waals surface area contributed by atoms with Crippen LogP contribution in [0.4, 0.5) is 0 Å². The minimum atomic E-state index is -1.46. The third kappa shape index (κ3) is 2.38. The molecule has 0 bridgehead atoms. The Hall–Kier alpha value is 0.0969. The Kier molecular flexibility index (Phi) is 3.03. The molecule has 62 valence electrons. The van der Waals surface area contributed by atoms with Gasteiger partial charge in [0.2, 0.25) is 0 Å². The largest absolute Gasteiger partial charge is 0.304 e. The zero-order valence-corrected chi connectivity index (χ0v) is 8.36. The molecule has 0 unspecified atom stereocenters. The molecule has 0 aromatic rings. The van der Waals surface area contributed by atoms with Crippen LogP contribution in [-0.4, -0.2) is 20.0 Å². The molecule has 0 radical (unpaired) electrons. The van der Waals surface area contributed by atoms with Crippen LogP contribution in [0.15, 0.2) is 0 Å². The van der Waals surface area contributed by atoms with Crippen molar-refractivity contribution in [1.82, 2.24) is 5.32 Å². The van der Waals surface area contributed by atoms with E-state index in [0.29, 0.717) is 0 Å². The van der Waals surface area contributed by atoms with E-state index in [1.54, 1.807) is 0 Å². The van der Waals surface area contributed by atoms with Crippen LogP contribution in [0, 0.1) is 0 Å². The van der Waals surface area contributed by atoms with E-state index < -0.39 is 13.5 Å². The number of rotatable bonds is 3. The number of nitrogens with two attached hydrogens (primary N) is 2. The first-order chi connectivity index (χ1) is 4.31. The summed E-state index contributed by atoms with van der Waals surface area (Å²) in [4.78, 5) is 0. The van der Waals surface area contributed by atoms with Crippen molar-refractivity contribution in [2.75, 3.05) is 6.54 Å². The van der Waals surface area contributed by atoms with E-state index in [1.165, 1.54) is 0 Å². The molecule has 0 aromatic carbocycles. The minimum absolute atomic E-state index is 0.623. The molecule has 0 spiro atoms. The van der Waals surface area contributed by atoms with Crippen LogP contribution < -0.4 is 16.8 Å². The fraction of sp³-hybridized carbons (Fsp3) is 1.00. The van der Waals surface area contributed by atoms with Crippen molar-refractivity contribution in [3.63, 3.8) is 0 Å². The van der Waals surface area contributed by atoms with E-state index >= 15 is 0 Å². The van der Waals surface area contributed by atoms with Crippen molar-refractivity contribution in [3.05, 3.63) is 0 Å². The van der Waals surface area contributed by atoms with Crippen LogP contribution in [0.1, 0.15) is 6.92 Å². The highest BCUT2D eigenvalue weighted by atomic mass is 28.3. The van der Waals surface area contributed by atoms with Gasteiger partial charge in [-0.05, 0) is 6.54 Å². The summed E-state index contributed by atoms with van der Waals surface area (Å²) in [5, 5.41) is 3.08. The maximum Gasteiger partial charge on any atom is 0.104 e. The first kappa shape index (κ1) is 10.1. The molecule has 0 rings (SSSR count). The first-order valence-electron chi connectivity index (χ1n) is 3.64. The van der Waals surface area contributed by atoms with Crippen molar-refractivity contribution < 1.29 is 0 Å². The lowest BCUT2D eigenvalue weighted by Gasteiger charge is -2.37. The lowest BCUT2D eigenvalue weighted by Crippen LogP contribution is -2.74. The smallest absolute Gasteiger partial charge is 0.104 e. The van der Waals surface area contributed by atoms with Gasteiger partial charge in [0.25, 0.3) is 0 Å². The van der Waals surface area contributed by atoms with Gasteiger partial charge in [0.05, 0.1) is 0 Å². The molecule has 0 aliphatic rings. The number of nitrogens with one attached hydrogen (secondary N) is 1. The molecular weight excluding hydrogens is 142 g/mol. The second-order valence-electron chi connectivity index (χ2n) is 3.65. The third-order valence-electron chi connectivity index (χ3n) is 1.71. The van der Waals surface area contributed by atoms with Gasteiger partial charge in [-0.15, -0.1) is 0 Å². The number of hydrogen-bond donors (Lipinski definition) is 3. The molecule has 0 amide bonds. The third-order valence-corrected chi connectivity index (χ3v) is 4.37. The van der Waals surface area contributed by atoms with E-state index in [4.69, 9.17) is 11.5 Å². The summed E-state index contributed by atoms with van der Waals surface area (Å²) in [5.41, 5.74) is 11.0. The second kappa shape index (κ2) is 3.00. The Morgan fingerprint density at radius 3 is 1.80 bits per heavy atom. The van der Waals surface area contributed by atoms with E-state index in [0.717, 1.165) is 6.54 Å². The Morgan fingerprint density at radius 2 is 1.70 bits per heavy atom. The predicted octanol–water partition coefficient (Wildman–Crippen LogP) is 0.0445. The average molecular weight is 161 g/mol. The summed E-state index contributed by atoms with van der Waals surface area (Å²) in [5.74, 6) is 0. The molecule has 0 aliphatic carbocycles. The first-order valence-corrected chi connectivity index (χ1v) is 7.14. The van der Waals surface area contributed by atoms with Gasteiger partial charge in [0, 0.05) is 0 Å². The van der Waals surface area contributed by atoms with Gasteiger partial charge in [-0.2, -0.15) is 0 Å². The molecular formula is C6H19N3Si. The SMILES string of the molecule is CCNC(N)(N)[Si](C)(C)C. The molecule has 5 N–H and O–H groups in total. The molecule has 4 heteroatoms. The molecule has 0 saturated carbocycles. The lowest BCUT2D eigenvalue weighted by atomic mass is 10.7. The van der Waals surface area contributed by atoms with Crippen molar-refractivity contribution in [2.24, 2.45) is 11.5 Å². The maximum atomic E-state index is 5.83. The van der Waals surface area contributed by atoms with Gasteiger partial charge in [-0.25, -0.2) is 0 Å².